The van der Waals surface area contributed by atoms with Gasteiger partial charge in [-0.15, -0.1) is 6.42 Å². The Bertz CT molecular complexity index is 1970. The number of ether oxygens (including phenoxy) is 1. The molecular formula is C35H47N11O9. The van der Waals surface area contributed by atoms with Crippen molar-refractivity contribution in [2.24, 2.45) is 11.7 Å². The van der Waals surface area contributed by atoms with Gasteiger partial charge in [-0.2, -0.15) is 9.97 Å². The Balaban J connectivity index is 1.72. The summed E-state index contributed by atoms with van der Waals surface area (Å²) < 4.78 is 7.46. The number of carbonyl (C=O) groups excluding carboxylic acids is 5. The number of nitrogens with two attached hydrogens (primary N) is 2. The third-order valence-corrected chi connectivity index (χ3v) is 8.05. The maximum atomic E-state index is 13.4. The molecule has 20 heteroatoms. The molecule has 55 heavy (non-hydrogen) atoms. The lowest BCUT2D eigenvalue weighted by atomic mass is 10.0. The number of amides is 6. The summed E-state index contributed by atoms with van der Waals surface area (Å²) in [5, 5.41) is 21.8. The van der Waals surface area contributed by atoms with Crippen LogP contribution in [-0.2, 0) is 32.3 Å². The van der Waals surface area contributed by atoms with E-state index in [4.69, 9.17) is 27.7 Å². The van der Waals surface area contributed by atoms with Crippen LogP contribution in [0.1, 0.15) is 64.9 Å². The van der Waals surface area contributed by atoms with Gasteiger partial charge in [-0.05, 0) is 42.9 Å². The van der Waals surface area contributed by atoms with E-state index in [1.165, 1.54) is 0 Å². The normalized spacial score (nSPS) is 11.9. The van der Waals surface area contributed by atoms with Crippen LogP contribution in [0.4, 0.5) is 21.1 Å². The monoisotopic (exact) mass is 765 g/mol. The Hall–Kier alpha value is -6.65. The minimum absolute atomic E-state index is 0.0361. The molecule has 0 fully saturated rings. The number of anilines is 2. The summed E-state index contributed by atoms with van der Waals surface area (Å²) in [6.07, 6.45) is 6.68. The second-order valence-electron chi connectivity index (χ2n) is 12.7. The molecule has 2 unspecified atom stereocenters. The van der Waals surface area contributed by atoms with Crippen LogP contribution < -0.4 is 48.5 Å². The number of terminal acetylenes is 1. The Morgan fingerprint density at radius 2 is 1.71 bits per heavy atom. The van der Waals surface area contributed by atoms with E-state index in [0.717, 1.165) is 22.0 Å². The molecule has 2 aromatic heterocycles. The Kier molecular flexibility index (Phi) is 16.0. The molecule has 0 saturated carbocycles. The van der Waals surface area contributed by atoms with Crippen molar-refractivity contribution in [3.05, 3.63) is 40.3 Å². The number of benzene rings is 1. The fourth-order valence-electron chi connectivity index (χ4n) is 5.18. The second kappa shape index (κ2) is 20.6. The van der Waals surface area contributed by atoms with Crippen LogP contribution in [0.25, 0.3) is 11.2 Å². The number of imidazole rings is 1. The quantitative estimate of drug-likeness (QED) is 0.0580. The number of nitrogens with zero attached hydrogens (tertiary/aromatic N) is 4. The van der Waals surface area contributed by atoms with Crippen molar-refractivity contribution in [3.8, 4) is 18.4 Å². The number of carboxylic acid groups (broad SMARTS) is 1. The molecule has 0 bridgehead atoms. The highest BCUT2D eigenvalue weighted by atomic mass is 16.5. The SMILES string of the molecule is C#CCn1c(=O)n(C(=O)NCc2ccc(NC(=O)C(CCCNC(N)=O)NC(=O)C(NC(=O)CCC(=O)O)C(C)C)cc2)c2c(N)nc(OCCCC)nc21. The van der Waals surface area contributed by atoms with E-state index in [1.807, 2.05) is 6.92 Å². The second-order valence-corrected chi connectivity index (χ2v) is 12.7. The number of carbonyl (C=O) groups is 6. The molecule has 2 heterocycles. The summed E-state index contributed by atoms with van der Waals surface area (Å²) in [4.78, 5) is 95.9. The molecule has 0 radical (unpaired) electrons. The lowest BCUT2D eigenvalue weighted by molar-refractivity contribution is -0.139. The highest BCUT2D eigenvalue weighted by Gasteiger charge is 2.29. The standard InChI is InChI=1S/C35H47N11O9/c1-5-7-18-55-33-43-28(36)27-29(44-33)45(17-6-2)35(54)46(27)34(53)39-19-21-10-12-22(13-11-21)40-30(50)23(9-8-16-38-32(37)52)41-31(51)26(20(3)4)42-24(47)14-15-25(48)49/h2,10-13,20,23,26H,5,7-9,14-19H2,1,3-4H3,(H,39,53)(H,40,50)(H,41,51)(H,42,47)(H,48,49)(H2,36,43,44)(H3,37,38,52). The number of rotatable bonds is 20. The van der Waals surface area contributed by atoms with Gasteiger partial charge in [-0.1, -0.05) is 45.2 Å². The van der Waals surface area contributed by atoms with Crippen molar-refractivity contribution in [2.45, 2.75) is 84.5 Å². The van der Waals surface area contributed by atoms with E-state index in [0.29, 0.717) is 17.9 Å². The summed E-state index contributed by atoms with van der Waals surface area (Å²) in [5.41, 5.74) is 11.4. The van der Waals surface area contributed by atoms with E-state index < -0.39 is 65.9 Å². The molecule has 3 rings (SSSR count). The highest BCUT2D eigenvalue weighted by Crippen LogP contribution is 2.21. The first-order valence-electron chi connectivity index (χ1n) is 17.5. The fraction of sp³-hybridized carbons (Fsp3) is 0.457. The number of unbranched alkanes of at least 4 members (excludes halogenated alkanes) is 1. The first kappa shape index (κ1) is 42.8. The van der Waals surface area contributed by atoms with Crippen LogP contribution in [0, 0.1) is 18.3 Å². The fourth-order valence-corrected chi connectivity index (χ4v) is 5.18. The predicted octanol–water partition coefficient (Wildman–Crippen LogP) is 0.623. The maximum absolute atomic E-state index is 13.4. The van der Waals surface area contributed by atoms with Crippen molar-refractivity contribution in [3.63, 3.8) is 0 Å². The molecule has 0 aliphatic rings. The van der Waals surface area contributed by atoms with Gasteiger partial charge in [-0.25, -0.2) is 19.0 Å². The van der Waals surface area contributed by atoms with Gasteiger partial charge in [0.05, 0.1) is 19.6 Å². The molecule has 0 saturated heterocycles. The van der Waals surface area contributed by atoms with Gasteiger partial charge in [0.1, 0.15) is 17.6 Å². The van der Waals surface area contributed by atoms with Gasteiger partial charge < -0.3 is 47.9 Å². The van der Waals surface area contributed by atoms with Crippen LogP contribution in [0.5, 0.6) is 6.01 Å². The number of hydrogen-bond donors (Lipinski definition) is 8. The van der Waals surface area contributed by atoms with E-state index >= 15 is 0 Å². The number of nitrogen functional groups attached to an aromatic ring is 1. The molecule has 0 aliphatic carbocycles. The first-order valence-corrected chi connectivity index (χ1v) is 17.5. The molecule has 20 nitrogen and oxygen atoms in total. The number of aliphatic carboxylic acids is 1. The molecule has 0 aliphatic heterocycles. The van der Waals surface area contributed by atoms with Gasteiger partial charge in [0.15, 0.2) is 11.5 Å². The molecule has 10 N–H and O–H groups in total. The molecule has 2 atom stereocenters. The van der Waals surface area contributed by atoms with Crippen molar-refractivity contribution in [1.29, 1.82) is 0 Å². The van der Waals surface area contributed by atoms with Crippen molar-refractivity contribution in [2.75, 3.05) is 24.2 Å². The number of hydrogen-bond acceptors (Lipinski definition) is 11. The van der Waals surface area contributed by atoms with Gasteiger partial charge in [0.2, 0.25) is 17.7 Å². The molecule has 3 aromatic rings. The first-order chi connectivity index (χ1) is 26.2. The molecule has 1 aromatic carbocycles. The summed E-state index contributed by atoms with van der Waals surface area (Å²) >= 11 is 0. The molecule has 6 amide bonds. The Morgan fingerprint density at radius 1 is 1.00 bits per heavy atom. The summed E-state index contributed by atoms with van der Waals surface area (Å²) in [6.45, 7) is 5.57. The zero-order valence-electron chi connectivity index (χ0n) is 30.8. The van der Waals surface area contributed by atoms with Gasteiger partial charge >= 0.3 is 29.7 Å². The minimum atomic E-state index is -1.17. The van der Waals surface area contributed by atoms with E-state index in [2.05, 4.69) is 42.5 Å². The van der Waals surface area contributed by atoms with Gasteiger partial charge in [0, 0.05) is 25.2 Å². The number of primary amides is 1. The van der Waals surface area contributed by atoms with E-state index in [9.17, 15) is 33.6 Å². The third kappa shape index (κ3) is 12.5. The largest absolute Gasteiger partial charge is 0.481 e. The number of carboxylic acids is 1. The van der Waals surface area contributed by atoms with Crippen molar-refractivity contribution < 1.29 is 38.6 Å². The van der Waals surface area contributed by atoms with Crippen molar-refractivity contribution >= 4 is 58.4 Å². The zero-order valence-corrected chi connectivity index (χ0v) is 30.8. The van der Waals surface area contributed by atoms with Crippen LogP contribution in [-0.4, -0.2) is 85.2 Å². The number of fused-ring (bicyclic) bond motifs is 1. The van der Waals surface area contributed by atoms with Crippen LogP contribution in [0.2, 0.25) is 0 Å². The smallest absolute Gasteiger partial charge is 0.339 e. The number of aromatic nitrogens is 4. The number of nitrogens with one attached hydrogen (secondary N) is 5. The lowest BCUT2D eigenvalue weighted by Gasteiger charge is -2.25. The summed E-state index contributed by atoms with van der Waals surface area (Å²) in [5.74, 6) is -1.26. The lowest BCUT2D eigenvalue weighted by Crippen LogP contribution is -2.54. The van der Waals surface area contributed by atoms with E-state index in [1.54, 1.807) is 38.1 Å². The molecule has 296 valence electrons. The molecule has 0 spiro atoms. The Labute approximate surface area is 316 Å². The van der Waals surface area contributed by atoms with E-state index in [-0.39, 0.29) is 61.9 Å². The predicted molar refractivity (Wildman–Crippen MR) is 201 cm³/mol. The van der Waals surface area contributed by atoms with Gasteiger partial charge in [-0.3, -0.25) is 23.7 Å². The average molecular weight is 766 g/mol. The minimum Gasteiger partial charge on any atom is -0.481 e. The third-order valence-electron chi connectivity index (χ3n) is 8.05. The van der Waals surface area contributed by atoms with Crippen LogP contribution >= 0.6 is 0 Å². The van der Waals surface area contributed by atoms with Crippen LogP contribution in [0.3, 0.4) is 0 Å². The Morgan fingerprint density at radius 3 is 2.33 bits per heavy atom. The summed E-state index contributed by atoms with van der Waals surface area (Å²) in [7, 11) is 0. The maximum Gasteiger partial charge on any atom is 0.339 e. The highest BCUT2D eigenvalue weighted by molar-refractivity contribution is 5.98. The van der Waals surface area contributed by atoms with Crippen molar-refractivity contribution in [1.82, 2.24) is 40.4 Å². The topological polar surface area (TPSA) is 297 Å². The summed E-state index contributed by atoms with van der Waals surface area (Å²) in [6, 6.07) is 2.54. The zero-order chi connectivity index (χ0) is 40.7. The van der Waals surface area contributed by atoms with Gasteiger partial charge in [0.25, 0.3) is 0 Å². The average Bonchev–Trinajstić information content (AvgIpc) is 3.41. The number of urea groups is 1. The van der Waals surface area contributed by atoms with Crippen LogP contribution in [0.15, 0.2) is 29.1 Å². The molecular weight excluding hydrogens is 718 g/mol.